The molecule has 3 aromatic carbocycles. The molecule has 3 N–H and O–H groups in total. The molecule has 2 atom stereocenters. The van der Waals surface area contributed by atoms with E-state index in [1.54, 1.807) is 26.4 Å². The van der Waals surface area contributed by atoms with Gasteiger partial charge in [0.05, 0.1) is 25.7 Å². The molecule has 3 aromatic rings. The zero-order valence-corrected chi connectivity index (χ0v) is 37.8. The summed E-state index contributed by atoms with van der Waals surface area (Å²) in [5, 5.41) is 18.8. The Kier molecular flexibility index (Phi) is 38.4. The molecule has 0 radical (unpaired) electrons. The van der Waals surface area contributed by atoms with Crippen LogP contribution < -0.4 is 19.5 Å². The minimum atomic E-state index is -3.74. The molecule has 0 bridgehead atoms. The summed E-state index contributed by atoms with van der Waals surface area (Å²) < 4.78 is 53.6. The van der Waals surface area contributed by atoms with Gasteiger partial charge in [0.2, 0.25) is 10.0 Å². The molecule has 58 heavy (non-hydrogen) atoms. The molecule has 0 unspecified atom stereocenters. The fraction of sp³-hybridized carbons (Fsp3) is 0.545. The van der Waals surface area contributed by atoms with Crippen LogP contribution in [0.25, 0.3) is 0 Å². The van der Waals surface area contributed by atoms with E-state index in [-0.39, 0.29) is 17.4 Å². The van der Waals surface area contributed by atoms with E-state index < -0.39 is 22.2 Å². The number of amides is 1. The SMILES string of the molecule is C=O.CC.CC.CCOc1ccc(C[C@@H](CCN(CC(C)C)S(=O)(=O)c2ccc(OC)cc2)NC(=O)O)cc1.CO.COCC[C@H]1CCOC1.COc1ccccc1. The molecule has 0 aliphatic carbocycles. The van der Waals surface area contributed by atoms with E-state index in [1.165, 1.54) is 30.0 Å². The van der Waals surface area contributed by atoms with Crippen LogP contribution in [0.4, 0.5) is 4.79 Å². The van der Waals surface area contributed by atoms with Crippen molar-refractivity contribution in [3.63, 3.8) is 0 Å². The van der Waals surface area contributed by atoms with Crippen LogP contribution in [-0.4, -0.2) is 110 Å². The van der Waals surface area contributed by atoms with Crippen molar-refractivity contribution in [2.24, 2.45) is 11.8 Å². The maximum absolute atomic E-state index is 13.3. The van der Waals surface area contributed by atoms with Crippen molar-refractivity contribution in [2.45, 2.75) is 85.1 Å². The number of hydrogen-bond acceptors (Lipinski definition) is 10. The molecule has 1 fully saturated rings. The van der Waals surface area contributed by atoms with Gasteiger partial charge in [-0.15, -0.1) is 0 Å². The second kappa shape index (κ2) is 38.3. The Morgan fingerprint density at radius 1 is 0.879 bits per heavy atom. The number of carbonyl (C=O) groups excluding carboxylic acids is 1. The molecule has 332 valence electrons. The number of nitrogens with one attached hydrogen (secondary N) is 1. The second-order valence-corrected chi connectivity index (χ2v) is 14.1. The number of ether oxygens (including phenoxy) is 5. The van der Waals surface area contributed by atoms with Gasteiger partial charge in [0.1, 0.15) is 24.0 Å². The number of carbonyl (C=O) groups is 2. The quantitative estimate of drug-likeness (QED) is 0.120. The second-order valence-electron chi connectivity index (χ2n) is 12.2. The van der Waals surface area contributed by atoms with Gasteiger partial charge in [0.15, 0.2) is 0 Å². The lowest BCUT2D eigenvalue weighted by Gasteiger charge is -2.26. The van der Waals surface area contributed by atoms with Crippen LogP contribution in [0.5, 0.6) is 17.2 Å². The number of carboxylic acid groups (broad SMARTS) is 1. The fourth-order valence-electron chi connectivity index (χ4n) is 5.14. The van der Waals surface area contributed by atoms with Crippen LogP contribution in [0.2, 0.25) is 0 Å². The number of hydrogen-bond donors (Lipinski definition) is 3. The van der Waals surface area contributed by atoms with E-state index in [0.717, 1.165) is 56.3 Å². The minimum Gasteiger partial charge on any atom is -0.497 e. The van der Waals surface area contributed by atoms with Gasteiger partial charge < -0.3 is 44.0 Å². The summed E-state index contributed by atoms with van der Waals surface area (Å²) >= 11 is 0. The first-order valence-corrected chi connectivity index (χ1v) is 21.2. The highest BCUT2D eigenvalue weighted by Gasteiger charge is 2.26. The first-order chi connectivity index (χ1) is 28.0. The van der Waals surface area contributed by atoms with Crippen molar-refractivity contribution in [2.75, 3.05) is 68.0 Å². The summed E-state index contributed by atoms with van der Waals surface area (Å²) in [5.41, 5.74) is 0.936. The highest BCUT2D eigenvalue weighted by Crippen LogP contribution is 2.22. The molecule has 0 aromatic heterocycles. The first-order valence-electron chi connectivity index (χ1n) is 19.8. The molecule has 14 heteroatoms. The summed E-state index contributed by atoms with van der Waals surface area (Å²) in [5.74, 6) is 3.11. The van der Waals surface area contributed by atoms with Crippen LogP contribution in [0.3, 0.4) is 0 Å². The predicted molar refractivity (Wildman–Crippen MR) is 234 cm³/mol. The Labute approximate surface area is 350 Å². The van der Waals surface area contributed by atoms with Gasteiger partial charge >= 0.3 is 6.09 Å². The number of nitrogens with zero attached hydrogens (tertiary/aromatic N) is 1. The molecule has 1 heterocycles. The average molecular weight is 839 g/mol. The van der Waals surface area contributed by atoms with Crippen molar-refractivity contribution >= 4 is 22.9 Å². The Bertz CT molecular complexity index is 1460. The third-order valence-corrected chi connectivity index (χ3v) is 9.65. The van der Waals surface area contributed by atoms with Crippen LogP contribution in [0.15, 0.2) is 83.8 Å². The molecular formula is C44H74N2O11S. The molecular weight excluding hydrogens is 765 g/mol. The zero-order chi connectivity index (χ0) is 44.8. The van der Waals surface area contributed by atoms with Crippen molar-refractivity contribution in [1.82, 2.24) is 9.62 Å². The lowest BCUT2D eigenvalue weighted by Crippen LogP contribution is -2.41. The molecule has 0 saturated carbocycles. The maximum atomic E-state index is 13.3. The van der Waals surface area contributed by atoms with Crippen LogP contribution in [0, 0.1) is 11.8 Å². The summed E-state index contributed by atoms with van der Waals surface area (Å²) in [4.78, 5) is 19.5. The molecule has 0 spiro atoms. The summed E-state index contributed by atoms with van der Waals surface area (Å²) in [7, 11) is 2.19. The van der Waals surface area contributed by atoms with E-state index in [0.29, 0.717) is 31.7 Å². The first kappa shape index (κ1) is 58.1. The van der Waals surface area contributed by atoms with Gasteiger partial charge in [-0.25, -0.2) is 13.2 Å². The molecule has 1 amide bonds. The molecule has 1 aliphatic heterocycles. The van der Waals surface area contributed by atoms with Gasteiger partial charge in [-0.3, -0.25) is 0 Å². The van der Waals surface area contributed by atoms with Gasteiger partial charge in [-0.2, -0.15) is 4.31 Å². The Balaban J connectivity index is -0.000000976. The predicted octanol–water partition coefficient (Wildman–Crippen LogP) is 8.24. The van der Waals surface area contributed by atoms with Gasteiger partial charge in [-0.05, 0) is 98.5 Å². The molecule has 4 rings (SSSR count). The lowest BCUT2D eigenvalue weighted by atomic mass is 10.0. The van der Waals surface area contributed by atoms with Crippen molar-refractivity contribution in [3.8, 4) is 17.2 Å². The summed E-state index contributed by atoms with van der Waals surface area (Å²) in [6, 6.07) is 23.0. The monoisotopic (exact) mass is 839 g/mol. The number of rotatable bonds is 17. The van der Waals surface area contributed by atoms with Gasteiger partial charge in [-0.1, -0.05) is 71.9 Å². The highest BCUT2D eigenvalue weighted by molar-refractivity contribution is 7.89. The fourth-order valence-corrected chi connectivity index (χ4v) is 6.76. The number of methoxy groups -OCH3 is 3. The third kappa shape index (κ3) is 26.7. The Morgan fingerprint density at radius 3 is 1.84 bits per heavy atom. The number of sulfonamides is 1. The molecule has 13 nitrogen and oxygen atoms in total. The third-order valence-electron chi connectivity index (χ3n) is 7.77. The van der Waals surface area contributed by atoms with Gasteiger partial charge in [0.25, 0.3) is 0 Å². The normalized spacial score (nSPS) is 12.9. The van der Waals surface area contributed by atoms with Gasteiger partial charge in [0, 0.05) is 53.2 Å². The summed E-state index contributed by atoms with van der Waals surface area (Å²) in [6.45, 7) is 19.7. The van der Waals surface area contributed by atoms with Crippen molar-refractivity contribution < 1.29 is 51.9 Å². The van der Waals surface area contributed by atoms with E-state index in [2.05, 4.69) is 5.32 Å². The Hall–Kier alpha value is -4.21. The topological polar surface area (TPSA) is 170 Å². The minimum absolute atomic E-state index is 0.106. The largest absolute Gasteiger partial charge is 0.497 e. The number of aliphatic hydroxyl groups excluding tert-OH is 1. The van der Waals surface area contributed by atoms with E-state index in [9.17, 15) is 18.3 Å². The Morgan fingerprint density at radius 2 is 1.41 bits per heavy atom. The standard InChI is InChI=1S/C24H34N2O6S.C7H14O2.C7H8O.2C2H6.CH4O.CH2O/c1-5-32-22-8-6-19(7-9-22)16-20(25-24(27)28)14-15-26(17-18(2)3)33(29,30)23-12-10-21(31-4)11-13-23;1-8-4-2-7-3-5-9-6-7;1-8-7-5-3-2-4-6-7;4*1-2/h6-13,18,20,25H,5,14-17H2,1-4H3,(H,27,28);7H,2-6H2,1H3;2-6H,1H3;2*1-2H3;2H,1H3;1H2/t20-;7-;;;;;/m10...../s1. The van der Waals surface area contributed by atoms with Crippen LogP contribution in [-0.2, 0) is 30.7 Å². The number of para-hydroxylation sites is 1. The van der Waals surface area contributed by atoms with E-state index in [4.69, 9.17) is 33.6 Å². The lowest BCUT2D eigenvalue weighted by molar-refractivity contribution is -0.0980. The van der Waals surface area contributed by atoms with Crippen molar-refractivity contribution in [1.29, 1.82) is 0 Å². The van der Waals surface area contributed by atoms with Crippen LogP contribution >= 0.6 is 0 Å². The maximum Gasteiger partial charge on any atom is 0.404 e. The number of benzene rings is 3. The van der Waals surface area contributed by atoms with Crippen molar-refractivity contribution in [3.05, 3.63) is 84.4 Å². The van der Waals surface area contributed by atoms with E-state index >= 15 is 0 Å². The van der Waals surface area contributed by atoms with E-state index in [1.807, 2.05) is 110 Å². The molecule has 1 aliphatic rings. The highest BCUT2D eigenvalue weighted by atomic mass is 32.2. The van der Waals surface area contributed by atoms with Crippen LogP contribution in [0.1, 0.15) is 73.3 Å². The summed E-state index contributed by atoms with van der Waals surface area (Å²) in [6.07, 6.45) is 2.03. The average Bonchev–Trinajstić information content (AvgIpc) is 3.79. The zero-order valence-electron chi connectivity index (χ0n) is 36.9. The molecule has 1 saturated heterocycles. The number of aliphatic hydroxyl groups is 1. The smallest absolute Gasteiger partial charge is 0.404 e.